The number of benzene rings is 1. The van der Waals surface area contributed by atoms with Crippen LogP contribution in [0.3, 0.4) is 0 Å². The van der Waals surface area contributed by atoms with Crippen LogP contribution in [0.1, 0.15) is 30.5 Å². The van der Waals surface area contributed by atoms with Gasteiger partial charge in [-0.05, 0) is 30.5 Å². The summed E-state index contributed by atoms with van der Waals surface area (Å²) in [6, 6.07) is 0.150. The number of aromatic amines is 1. The molecular weight excluding hydrogens is 530 g/mol. The number of aliphatic carboxylic acids is 2. The number of aromatic hydroxyl groups is 1. The number of carbonyl (C=O) groups is 6. The van der Waals surface area contributed by atoms with Gasteiger partial charge in [-0.2, -0.15) is 0 Å². The molecule has 16 heteroatoms. The van der Waals surface area contributed by atoms with Crippen LogP contribution in [0.15, 0.2) is 36.8 Å². The molecule has 0 bridgehead atoms. The van der Waals surface area contributed by atoms with E-state index in [1.807, 2.05) is 0 Å². The lowest BCUT2D eigenvalue weighted by atomic mass is 10.0. The van der Waals surface area contributed by atoms with E-state index in [2.05, 4.69) is 25.9 Å². The van der Waals surface area contributed by atoms with Crippen molar-refractivity contribution in [3.63, 3.8) is 0 Å². The van der Waals surface area contributed by atoms with E-state index in [-0.39, 0.29) is 18.6 Å². The smallest absolute Gasteiger partial charge is 0.326 e. The van der Waals surface area contributed by atoms with Crippen LogP contribution in [0.2, 0.25) is 0 Å². The Morgan fingerprint density at radius 1 is 0.875 bits per heavy atom. The van der Waals surface area contributed by atoms with Crippen molar-refractivity contribution in [3.05, 3.63) is 48.0 Å². The van der Waals surface area contributed by atoms with Crippen molar-refractivity contribution in [2.75, 3.05) is 0 Å². The summed E-state index contributed by atoms with van der Waals surface area (Å²) in [5.74, 6) is -6.52. The van der Waals surface area contributed by atoms with Gasteiger partial charge in [0.15, 0.2) is 0 Å². The molecule has 2 rings (SSSR count). The molecule has 0 saturated heterocycles. The number of imidazole rings is 1. The third-order valence-corrected chi connectivity index (χ3v) is 5.64. The molecule has 4 atom stereocenters. The molecule has 0 aliphatic rings. The third-order valence-electron chi connectivity index (χ3n) is 5.64. The number of H-pyrrole nitrogens is 1. The highest BCUT2D eigenvalue weighted by Crippen LogP contribution is 2.11. The molecular formula is C24H31N7O9. The van der Waals surface area contributed by atoms with Gasteiger partial charge in [0, 0.05) is 24.7 Å². The maximum Gasteiger partial charge on any atom is 0.326 e. The zero-order valence-corrected chi connectivity index (χ0v) is 21.2. The second kappa shape index (κ2) is 14.8. The van der Waals surface area contributed by atoms with Crippen LogP contribution < -0.4 is 27.4 Å². The number of primary amides is 1. The Balaban J connectivity index is 2.14. The predicted molar refractivity (Wildman–Crippen MR) is 136 cm³/mol. The summed E-state index contributed by atoms with van der Waals surface area (Å²) in [5.41, 5.74) is 12.1. The van der Waals surface area contributed by atoms with Crippen LogP contribution in [0.5, 0.6) is 5.75 Å². The minimum absolute atomic E-state index is 0.0115. The summed E-state index contributed by atoms with van der Waals surface area (Å²) in [4.78, 5) is 79.5. The fourth-order valence-corrected chi connectivity index (χ4v) is 3.57. The number of amides is 4. The van der Waals surface area contributed by atoms with Gasteiger partial charge >= 0.3 is 11.9 Å². The molecule has 1 heterocycles. The first-order chi connectivity index (χ1) is 18.8. The second-order valence-electron chi connectivity index (χ2n) is 8.88. The van der Waals surface area contributed by atoms with Gasteiger partial charge in [0.05, 0.1) is 18.8 Å². The van der Waals surface area contributed by atoms with Crippen molar-refractivity contribution in [2.45, 2.75) is 56.3 Å². The van der Waals surface area contributed by atoms with Gasteiger partial charge in [-0.3, -0.25) is 24.0 Å². The number of carbonyl (C=O) groups excluding carboxylic acids is 4. The van der Waals surface area contributed by atoms with Crippen molar-refractivity contribution < 1.29 is 44.1 Å². The first-order valence-electron chi connectivity index (χ1n) is 12.0. The van der Waals surface area contributed by atoms with Crippen LogP contribution in [0.25, 0.3) is 0 Å². The van der Waals surface area contributed by atoms with E-state index < -0.39 is 79.0 Å². The summed E-state index contributed by atoms with van der Waals surface area (Å²) in [5, 5.41) is 34.8. The van der Waals surface area contributed by atoms with E-state index in [9.17, 15) is 39.0 Å². The number of nitrogens with two attached hydrogens (primary N) is 2. The molecule has 2 aromatic rings. The van der Waals surface area contributed by atoms with Gasteiger partial charge in [-0.25, -0.2) is 9.78 Å². The lowest BCUT2D eigenvalue weighted by Crippen LogP contribution is -2.58. The number of hydrogen-bond donors (Lipinski definition) is 9. The summed E-state index contributed by atoms with van der Waals surface area (Å²) < 4.78 is 0. The summed E-state index contributed by atoms with van der Waals surface area (Å²) in [6.07, 6.45) is 0.842. The zero-order valence-electron chi connectivity index (χ0n) is 21.2. The molecule has 0 radical (unpaired) electrons. The van der Waals surface area contributed by atoms with Crippen LogP contribution in [0.4, 0.5) is 0 Å². The highest BCUT2D eigenvalue weighted by atomic mass is 16.4. The first-order valence-corrected chi connectivity index (χ1v) is 12.0. The van der Waals surface area contributed by atoms with E-state index in [0.29, 0.717) is 11.3 Å². The number of aromatic nitrogens is 2. The van der Waals surface area contributed by atoms with Crippen molar-refractivity contribution in [1.82, 2.24) is 25.9 Å². The molecule has 40 heavy (non-hydrogen) atoms. The van der Waals surface area contributed by atoms with Crippen molar-refractivity contribution in [1.29, 1.82) is 0 Å². The maximum absolute atomic E-state index is 13.0. The average Bonchev–Trinajstić information content (AvgIpc) is 3.39. The molecule has 0 spiro atoms. The lowest BCUT2D eigenvalue weighted by molar-refractivity contribution is -0.143. The minimum atomic E-state index is -1.57. The Morgan fingerprint density at radius 2 is 1.48 bits per heavy atom. The molecule has 0 aliphatic heterocycles. The fourth-order valence-electron chi connectivity index (χ4n) is 3.57. The zero-order chi connectivity index (χ0) is 29.8. The molecule has 0 saturated carbocycles. The Bertz CT molecular complexity index is 1200. The number of phenolic OH excluding ortho intramolecular Hbond substituents is 1. The van der Waals surface area contributed by atoms with Gasteiger partial charge in [-0.1, -0.05) is 12.1 Å². The highest BCUT2D eigenvalue weighted by molar-refractivity contribution is 5.96. The van der Waals surface area contributed by atoms with Crippen LogP contribution in [-0.4, -0.2) is 85.0 Å². The van der Waals surface area contributed by atoms with Gasteiger partial charge in [0.25, 0.3) is 0 Å². The van der Waals surface area contributed by atoms with E-state index in [1.165, 1.54) is 24.7 Å². The molecule has 216 valence electrons. The summed E-state index contributed by atoms with van der Waals surface area (Å²) >= 11 is 0. The van der Waals surface area contributed by atoms with E-state index in [1.54, 1.807) is 12.1 Å². The molecule has 16 nitrogen and oxygen atoms in total. The molecule has 0 fully saturated rings. The first kappa shape index (κ1) is 31.2. The predicted octanol–water partition coefficient (Wildman–Crippen LogP) is -2.49. The molecule has 0 aliphatic carbocycles. The van der Waals surface area contributed by atoms with Gasteiger partial charge in [0.1, 0.15) is 23.9 Å². The summed E-state index contributed by atoms with van der Waals surface area (Å²) in [7, 11) is 0. The topological polar surface area (TPSA) is 280 Å². The number of phenols is 1. The molecule has 11 N–H and O–H groups in total. The Hall–Kier alpha value is -4.99. The van der Waals surface area contributed by atoms with Crippen molar-refractivity contribution >= 4 is 35.6 Å². The van der Waals surface area contributed by atoms with Gasteiger partial charge in [-0.15, -0.1) is 0 Å². The quantitative estimate of drug-likeness (QED) is 0.103. The standard InChI is InChI=1S/C24H31N7O9/c25-15(7-12-1-3-14(32)4-2-12)21(36)30-17(9-19(26)33)23(38)29-16(5-6-20(34)35)22(37)31-18(24(39)40)8-13-10-27-11-28-13/h1-4,10-11,15-18,32H,5-9,25H2,(H2,26,33)(H,27,28)(H,29,38)(H,30,36)(H,31,37)(H,34,35)(H,39,40). The highest BCUT2D eigenvalue weighted by Gasteiger charge is 2.31. The molecule has 1 aromatic heterocycles. The number of carboxylic acid groups (broad SMARTS) is 2. The number of rotatable bonds is 16. The maximum atomic E-state index is 13.0. The molecule has 1 aromatic carbocycles. The van der Waals surface area contributed by atoms with Crippen LogP contribution in [0, 0.1) is 0 Å². The second-order valence-corrected chi connectivity index (χ2v) is 8.88. The monoisotopic (exact) mass is 561 g/mol. The summed E-state index contributed by atoms with van der Waals surface area (Å²) in [6.45, 7) is 0. The van der Waals surface area contributed by atoms with Crippen molar-refractivity contribution in [2.24, 2.45) is 11.5 Å². The minimum Gasteiger partial charge on any atom is -0.508 e. The number of hydrogen-bond acceptors (Lipinski definition) is 9. The number of carboxylic acids is 2. The van der Waals surface area contributed by atoms with Crippen molar-refractivity contribution in [3.8, 4) is 5.75 Å². The van der Waals surface area contributed by atoms with E-state index >= 15 is 0 Å². The number of nitrogens with one attached hydrogen (secondary N) is 4. The Morgan fingerprint density at radius 3 is 2.02 bits per heavy atom. The Labute approximate surface area is 227 Å². The third kappa shape index (κ3) is 10.4. The number of nitrogens with zero attached hydrogens (tertiary/aromatic N) is 1. The molecule has 4 unspecified atom stereocenters. The average molecular weight is 562 g/mol. The largest absolute Gasteiger partial charge is 0.508 e. The SMILES string of the molecule is NC(=O)CC(NC(=O)C(N)Cc1ccc(O)cc1)C(=O)NC(CCC(=O)O)C(=O)NC(Cc1cnc[nH]1)C(=O)O. The van der Waals surface area contributed by atoms with Gasteiger partial charge < -0.3 is 47.7 Å². The van der Waals surface area contributed by atoms with E-state index in [0.717, 1.165) is 0 Å². The van der Waals surface area contributed by atoms with E-state index in [4.69, 9.17) is 16.6 Å². The Kier molecular flexibility index (Phi) is 11.6. The lowest BCUT2D eigenvalue weighted by Gasteiger charge is -2.24. The van der Waals surface area contributed by atoms with Crippen LogP contribution >= 0.6 is 0 Å². The van der Waals surface area contributed by atoms with Crippen LogP contribution in [-0.2, 0) is 41.6 Å². The normalized spacial score (nSPS) is 13.7. The molecule has 4 amide bonds. The fraction of sp³-hybridized carbons (Fsp3) is 0.375. The van der Waals surface area contributed by atoms with Gasteiger partial charge in [0.2, 0.25) is 23.6 Å².